The minimum absolute atomic E-state index is 0.0672. The van der Waals surface area contributed by atoms with Crippen molar-refractivity contribution in [3.05, 3.63) is 117 Å². The molecule has 1 atom stereocenters. The second-order valence-corrected chi connectivity index (χ2v) is 9.24. The standard InChI is InChI=1S/C28H23NO5S/c1-18-6-2-3-7-20(18)17-34-21-12-10-19(11-13-21)26(30)24-25(23-9-5-15-35-23)29(28(32)27(24)31)16-22-8-4-14-33-22/h2-15,25,30H,16-17H2,1H3/t25-/m0/s1. The summed E-state index contributed by atoms with van der Waals surface area (Å²) in [6.07, 6.45) is 1.52. The highest BCUT2D eigenvalue weighted by Crippen LogP contribution is 2.42. The van der Waals surface area contributed by atoms with Crippen LogP contribution in [0.25, 0.3) is 5.76 Å². The third-order valence-electron chi connectivity index (χ3n) is 6.04. The minimum Gasteiger partial charge on any atom is -0.507 e. The first-order valence-corrected chi connectivity index (χ1v) is 12.0. The van der Waals surface area contributed by atoms with Gasteiger partial charge in [-0.3, -0.25) is 9.59 Å². The van der Waals surface area contributed by atoms with Gasteiger partial charge in [0.25, 0.3) is 11.7 Å². The van der Waals surface area contributed by atoms with Crippen molar-refractivity contribution in [2.45, 2.75) is 26.1 Å². The van der Waals surface area contributed by atoms with Crippen LogP contribution in [0.3, 0.4) is 0 Å². The number of aryl methyl sites for hydroxylation is 1. The fourth-order valence-corrected chi connectivity index (χ4v) is 5.00. The maximum absolute atomic E-state index is 13.1. The number of likely N-dealkylation sites (tertiary alicyclic amines) is 1. The summed E-state index contributed by atoms with van der Waals surface area (Å²) in [5, 5.41) is 13.1. The number of ketones is 1. The molecule has 1 amide bonds. The zero-order chi connectivity index (χ0) is 24.4. The number of furan rings is 1. The van der Waals surface area contributed by atoms with Crippen LogP contribution in [-0.4, -0.2) is 21.7 Å². The number of carbonyl (C=O) groups excluding carboxylic acids is 2. The lowest BCUT2D eigenvalue weighted by atomic mass is 10.00. The Morgan fingerprint density at radius 2 is 1.83 bits per heavy atom. The second-order valence-electron chi connectivity index (χ2n) is 8.26. The van der Waals surface area contributed by atoms with E-state index in [2.05, 4.69) is 0 Å². The Kier molecular flexibility index (Phi) is 6.25. The normalized spacial score (nSPS) is 17.2. The zero-order valence-electron chi connectivity index (χ0n) is 19.0. The van der Waals surface area contributed by atoms with Crippen LogP contribution >= 0.6 is 11.3 Å². The van der Waals surface area contributed by atoms with Crippen molar-refractivity contribution in [2.75, 3.05) is 0 Å². The van der Waals surface area contributed by atoms with Crippen LogP contribution in [0, 0.1) is 6.92 Å². The molecule has 1 N–H and O–H groups in total. The highest BCUT2D eigenvalue weighted by atomic mass is 32.1. The largest absolute Gasteiger partial charge is 0.507 e. The summed E-state index contributed by atoms with van der Waals surface area (Å²) in [7, 11) is 0. The Morgan fingerprint density at radius 3 is 2.51 bits per heavy atom. The molecule has 0 saturated carbocycles. The molecule has 1 fully saturated rings. The molecule has 5 rings (SSSR count). The Balaban J connectivity index is 1.44. The zero-order valence-corrected chi connectivity index (χ0v) is 19.8. The van der Waals surface area contributed by atoms with Gasteiger partial charge in [-0.15, -0.1) is 11.3 Å². The molecule has 7 heteroatoms. The highest BCUT2D eigenvalue weighted by Gasteiger charge is 2.46. The SMILES string of the molecule is Cc1ccccc1COc1ccc(C(O)=C2C(=O)C(=O)N(Cc3ccco3)[C@H]2c2cccs2)cc1. The van der Waals surface area contributed by atoms with Crippen LogP contribution in [0.15, 0.2) is 94.4 Å². The summed E-state index contributed by atoms with van der Waals surface area (Å²) in [5.74, 6) is -0.400. The van der Waals surface area contributed by atoms with Crippen molar-refractivity contribution in [3.8, 4) is 5.75 Å². The van der Waals surface area contributed by atoms with Crippen molar-refractivity contribution >= 4 is 28.8 Å². The van der Waals surface area contributed by atoms with Gasteiger partial charge in [0.1, 0.15) is 29.9 Å². The van der Waals surface area contributed by atoms with E-state index in [1.165, 1.54) is 22.5 Å². The predicted molar refractivity (Wildman–Crippen MR) is 133 cm³/mol. The van der Waals surface area contributed by atoms with Crippen molar-refractivity contribution < 1.29 is 23.8 Å². The molecule has 1 saturated heterocycles. The Hall–Kier alpha value is -4.10. The van der Waals surface area contributed by atoms with Gasteiger partial charge < -0.3 is 19.2 Å². The van der Waals surface area contributed by atoms with Crippen molar-refractivity contribution in [3.63, 3.8) is 0 Å². The van der Waals surface area contributed by atoms with Crippen LogP contribution in [0.1, 0.15) is 33.4 Å². The number of nitrogens with zero attached hydrogens (tertiary/aromatic N) is 1. The molecule has 35 heavy (non-hydrogen) atoms. The van der Waals surface area contributed by atoms with Gasteiger partial charge in [0, 0.05) is 10.4 Å². The van der Waals surface area contributed by atoms with Crippen molar-refractivity contribution in [1.29, 1.82) is 0 Å². The van der Waals surface area contributed by atoms with Crippen LogP contribution in [0.4, 0.5) is 0 Å². The van der Waals surface area contributed by atoms with E-state index in [1.54, 1.807) is 36.4 Å². The number of thiophene rings is 1. The van der Waals surface area contributed by atoms with E-state index in [4.69, 9.17) is 9.15 Å². The van der Waals surface area contributed by atoms with Crippen molar-refractivity contribution in [1.82, 2.24) is 4.90 Å². The van der Waals surface area contributed by atoms with Crippen LogP contribution in [0.2, 0.25) is 0 Å². The molecule has 3 heterocycles. The van der Waals surface area contributed by atoms with Gasteiger partial charge in [-0.25, -0.2) is 0 Å². The maximum Gasteiger partial charge on any atom is 0.296 e. The summed E-state index contributed by atoms with van der Waals surface area (Å²) in [6, 6.07) is 21.4. The third kappa shape index (κ3) is 4.50. The minimum atomic E-state index is -0.715. The van der Waals surface area contributed by atoms with Gasteiger partial charge >= 0.3 is 0 Å². The topological polar surface area (TPSA) is 80.0 Å². The number of benzene rings is 2. The number of amides is 1. The first kappa shape index (κ1) is 22.7. The second kappa shape index (κ2) is 9.64. The summed E-state index contributed by atoms with van der Waals surface area (Å²) in [4.78, 5) is 28.3. The average molecular weight is 486 g/mol. The van der Waals surface area contributed by atoms with E-state index in [-0.39, 0.29) is 17.9 Å². The van der Waals surface area contributed by atoms with E-state index in [9.17, 15) is 14.7 Å². The van der Waals surface area contributed by atoms with E-state index >= 15 is 0 Å². The van der Waals surface area contributed by atoms with E-state index < -0.39 is 17.7 Å². The Labute approximate surface area is 206 Å². The molecule has 1 aliphatic rings. The average Bonchev–Trinajstić information content (AvgIpc) is 3.63. The number of Topliss-reactive ketones (excluding diaryl/α,β-unsaturated/α-hetero) is 1. The monoisotopic (exact) mass is 485 g/mol. The fourth-order valence-electron chi connectivity index (χ4n) is 4.15. The molecule has 6 nitrogen and oxygen atoms in total. The van der Waals surface area contributed by atoms with E-state index in [0.29, 0.717) is 23.7 Å². The van der Waals surface area contributed by atoms with E-state index in [0.717, 1.165) is 16.0 Å². The van der Waals surface area contributed by atoms with Gasteiger partial charge in [-0.05, 0) is 65.9 Å². The number of hydrogen-bond acceptors (Lipinski definition) is 6. The Bertz CT molecular complexity index is 1370. The Morgan fingerprint density at radius 1 is 1.03 bits per heavy atom. The molecule has 0 bridgehead atoms. The molecule has 0 unspecified atom stereocenters. The molecule has 1 aliphatic heterocycles. The molecule has 0 aliphatic carbocycles. The number of rotatable bonds is 7. The molecular weight excluding hydrogens is 462 g/mol. The number of carbonyl (C=O) groups is 2. The highest BCUT2D eigenvalue weighted by molar-refractivity contribution is 7.10. The lowest BCUT2D eigenvalue weighted by Gasteiger charge is -2.23. The quantitative estimate of drug-likeness (QED) is 0.202. The van der Waals surface area contributed by atoms with Gasteiger partial charge in [-0.2, -0.15) is 0 Å². The molecule has 0 spiro atoms. The summed E-state index contributed by atoms with van der Waals surface area (Å²) in [6.45, 7) is 2.59. The first-order chi connectivity index (χ1) is 17.0. The van der Waals surface area contributed by atoms with Crippen LogP contribution < -0.4 is 4.74 Å². The fraction of sp³-hybridized carbons (Fsp3) is 0.143. The number of aliphatic hydroxyl groups excluding tert-OH is 1. The number of ether oxygens (including phenoxy) is 1. The number of hydrogen-bond donors (Lipinski definition) is 1. The summed E-state index contributed by atoms with van der Waals surface area (Å²) in [5.41, 5.74) is 2.74. The predicted octanol–water partition coefficient (Wildman–Crippen LogP) is 5.85. The van der Waals surface area contributed by atoms with Crippen LogP contribution in [-0.2, 0) is 22.7 Å². The molecule has 0 radical (unpaired) electrons. The first-order valence-electron chi connectivity index (χ1n) is 11.1. The molecule has 176 valence electrons. The van der Waals surface area contributed by atoms with E-state index in [1.807, 2.05) is 48.7 Å². The van der Waals surface area contributed by atoms with Crippen LogP contribution in [0.5, 0.6) is 5.75 Å². The lowest BCUT2D eigenvalue weighted by molar-refractivity contribution is -0.140. The molecular formula is C28H23NO5S. The summed E-state index contributed by atoms with van der Waals surface area (Å²) >= 11 is 1.42. The lowest BCUT2D eigenvalue weighted by Crippen LogP contribution is -2.28. The smallest absolute Gasteiger partial charge is 0.296 e. The van der Waals surface area contributed by atoms with Crippen molar-refractivity contribution in [2.24, 2.45) is 0 Å². The maximum atomic E-state index is 13.1. The summed E-state index contributed by atoms with van der Waals surface area (Å²) < 4.78 is 11.3. The van der Waals surface area contributed by atoms with Gasteiger partial charge in [0.2, 0.25) is 0 Å². The number of aliphatic hydroxyl groups is 1. The van der Waals surface area contributed by atoms with Gasteiger partial charge in [-0.1, -0.05) is 30.3 Å². The van der Waals surface area contributed by atoms with Gasteiger partial charge in [0.05, 0.1) is 18.4 Å². The molecule has 2 aromatic heterocycles. The molecule has 2 aromatic carbocycles. The van der Waals surface area contributed by atoms with Gasteiger partial charge in [0.15, 0.2) is 0 Å². The molecule has 4 aromatic rings. The third-order valence-corrected chi connectivity index (χ3v) is 6.97.